The van der Waals surface area contributed by atoms with E-state index in [1.807, 2.05) is 0 Å². The summed E-state index contributed by atoms with van der Waals surface area (Å²) >= 11 is 0. The Morgan fingerprint density at radius 2 is 0.446 bits per heavy atom. The lowest BCUT2D eigenvalue weighted by Gasteiger charge is -2.18. The third kappa shape index (κ3) is 61.0. The van der Waals surface area contributed by atoms with Crippen molar-refractivity contribution >= 4 is 17.9 Å². The minimum Gasteiger partial charge on any atom is -0.462 e. The molecule has 0 spiro atoms. The van der Waals surface area contributed by atoms with Crippen molar-refractivity contribution in [3.8, 4) is 0 Å². The van der Waals surface area contributed by atoms with E-state index in [0.717, 1.165) is 64.2 Å². The first-order chi connectivity index (χ1) is 36.5. The van der Waals surface area contributed by atoms with Gasteiger partial charge in [-0.05, 0) is 44.9 Å². The molecule has 1 unspecified atom stereocenters. The van der Waals surface area contributed by atoms with Crippen LogP contribution in [0.1, 0.15) is 387 Å². The van der Waals surface area contributed by atoms with Crippen LogP contribution in [0.5, 0.6) is 0 Å². The second-order valence-corrected chi connectivity index (χ2v) is 23.1. The Morgan fingerprint density at radius 1 is 0.257 bits per heavy atom. The third-order valence-electron chi connectivity index (χ3n) is 15.5. The van der Waals surface area contributed by atoms with Crippen LogP contribution in [0.25, 0.3) is 0 Å². The van der Waals surface area contributed by atoms with E-state index in [0.29, 0.717) is 19.3 Å². The summed E-state index contributed by atoms with van der Waals surface area (Å²) < 4.78 is 16.9. The Morgan fingerprint density at radius 3 is 0.689 bits per heavy atom. The number of rotatable bonds is 63. The largest absolute Gasteiger partial charge is 0.462 e. The third-order valence-corrected chi connectivity index (χ3v) is 15.5. The lowest BCUT2D eigenvalue weighted by molar-refractivity contribution is -0.167. The van der Waals surface area contributed by atoms with Crippen molar-refractivity contribution in [2.45, 2.75) is 393 Å². The molecule has 0 saturated heterocycles. The molecular weight excluding hydrogens is 913 g/mol. The molecule has 6 nitrogen and oxygen atoms in total. The van der Waals surface area contributed by atoms with E-state index in [2.05, 4.69) is 32.9 Å². The highest BCUT2D eigenvalue weighted by Crippen LogP contribution is 2.19. The fourth-order valence-corrected chi connectivity index (χ4v) is 10.4. The van der Waals surface area contributed by atoms with E-state index in [4.69, 9.17) is 14.2 Å². The van der Waals surface area contributed by atoms with Crippen molar-refractivity contribution < 1.29 is 28.6 Å². The SMILES string of the molecule is CCCCCC/C=C\CCCCCCCC(=O)OCC(COC(=O)CCCCCCCCCCCCCCCCCCCCCCCCCCCCCC)OC(=O)CCCCCCCCCCCCCCCCC. The molecule has 438 valence electrons. The maximum atomic E-state index is 12.9. The van der Waals surface area contributed by atoms with Crippen LogP contribution in [-0.4, -0.2) is 37.2 Å². The molecule has 0 aliphatic rings. The lowest BCUT2D eigenvalue weighted by Crippen LogP contribution is -2.30. The number of carbonyl (C=O) groups excluding carboxylic acids is 3. The zero-order chi connectivity index (χ0) is 53.6. The predicted molar refractivity (Wildman–Crippen MR) is 321 cm³/mol. The normalized spacial score (nSPS) is 12.0. The molecule has 6 heteroatoms. The van der Waals surface area contributed by atoms with Crippen molar-refractivity contribution in [3.05, 3.63) is 12.2 Å². The summed E-state index contributed by atoms with van der Waals surface area (Å²) in [6.45, 7) is 6.70. The Labute approximate surface area is 462 Å². The summed E-state index contributed by atoms with van der Waals surface area (Å²) in [5, 5.41) is 0. The van der Waals surface area contributed by atoms with Crippen molar-refractivity contribution in [2.24, 2.45) is 0 Å². The van der Waals surface area contributed by atoms with Crippen LogP contribution in [0.15, 0.2) is 12.2 Å². The van der Waals surface area contributed by atoms with E-state index in [-0.39, 0.29) is 31.1 Å². The Hall–Kier alpha value is -1.85. The maximum absolute atomic E-state index is 12.9. The average molecular weight is 1040 g/mol. The Kier molecular flexibility index (Phi) is 62.1. The number of hydrogen-bond acceptors (Lipinski definition) is 6. The maximum Gasteiger partial charge on any atom is 0.306 e. The van der Waals surface area contributed by atoms with Crippen LogP contribution >= 0.6 is 0 Å². The quantitative estimate of drug-likeness (QED) is 0.0261. The van der Waals surface area contributed by atoms with Crippen molar-refractivity contribution in [1.82, 2.24) is 0 Å². The molecule has 0 aliphatic heterocycles. The van der Waals surface area contributed by atoms with Gasteiger partial charge >= 0.3 is 17.9 Å². The number of hydrogen-bond donors (Lipinski definition) is 0. The van der Waals surface area contributed by atoms with Crippen LogP contribution in [0.3, 0.4) is 0 Å². The summed E-state index contributed by atoms with van der Waals surface area (Å²) in [5.41, 5.74) is 0. The van der Waals surface area contributed by atoms with Gasteiger partial charge in [0.05, 0.1) is 0 Å². The second kappa shape index (κ2) is 63.7. The molecule has 0 aliphatic carbocycles. The van der Waals surface area contributed by atoms with Gasteiger partial charge in [-0.15, -0.1) is 0 Å². The standard InChI is InChI=1S/C68H130O6/c1-4-7-10-13-16-19-22-25-27-28-29-30-31-32-33-34-35-36-37-38-39-41-43-46-49-52-55-58-61-67(70)73-64-65(63-72-66(69)60-57-54-51-48-45-42-24-21-18-15-12-9-6-3)74-68(71)62-59-56-53-50-47-44-40-26-23-20-17-14-11-8-5-2/h21,24,65H,4-20,22-23,25-64H2,1-3H3/b24-21-. The lowest BCUT2D eigenvalue weighted by atomic mass is 10.0. The van der Waals surface area contributed by atoms with Crippen LogP contribution in [0, 0.1) is 0 Å². The topological polar surface area (TPSA) is 78.9 Å². The van der Waals surface area contributed by atoms with E-state index in [1.54, 1.807) is 0 Å². The van der Waals surface area contributed by atoms with E-state index < -0.39 is 6.10 Å². The smallest absolute Gasteiger partial charge is 0.306 e. The highest BCUT2D eigenvalue weighted by molar-refractivity contribution is 5.71. The zero-order valence-electron chi connectivity index (χ0n) is 50.4. The van der Waals surface area contributed by atoms with Gasteiger partial charge in [-0.2, -0.15) is 0 Å². The Balaban J connectivity index is 4.13. The molecular formula is C68H130O6. The number of carbonyl (C=O) groups is 3. The second-order valence-electron chi connectivity index (χ2n) is 23.1. The molecule has 0 rings (SSSR count). The minimum atomic E-state index is -0.768. The molecule has 0 aromatic carbocycles. The average Bonchev–Trinajstić information content (AvgIpc) is 3.40. The molecule has 1 atom stereocenters. The minimum absolute atomic E-state index is 0.0660. The fourth-order valence-electron chi connectivity index (χ4n) is 10.4. The first kappa shape index (κ1) is 72.2. The summed E-state index contributed by atoms with van der Waals surface area (Å²) in [5.74, 6) is -0.845. The number of ether oxygens (including phenoxy) is 3. The summed E-state index contributed by atoms with van der Waals surface area (Å²) in [6, 6.07) is 0. The molecule has 0 radical (unpaired) electrons. The highest BCUT2D eigenvalue weighted by Gasteiger charge is 2.19. The van der Waals surface area contributed by atoms with Crippen LogP contribution < -0.4 is 0 Å². The molecule has 0 aromatic heterocycles. The molecule has 0 bridgehead atoms. The summed E-state index contributed by atoms with van der Waals surface area (Å²) in [6.07, 6.45) is 75.3. The zero-order valence-corrected chi connectivity index (χ0v) is 50.4. The molecule has 0 saturated carbocycles. The summed E-state index contributed by atoms with van der Waals surface area (Å²) in [4.78, 5) is 38.3. The highest BCUT2D eigenvalue weighted by atomic mass is 16.6. The van der Waals surface area contributed by atoms with Gasteiger partial charge < -0.3 is 14.2 Å². The van der Waals surface area contributed by atoms with Gasteiger partial charge in [0.15, 0.2) is 6.10 Å². The first-order valence-corrected chi connectivity index (χ1v) is 33.7. The van der Waals surface area contributed by atoms with Crippen LogP contribution in [-0.2, 0) is 28.6 Å². The molecule has 0 heterocycles. The molecule has 0 aromatic rings. The fraction of sp³-hybridized carbons (Fsp3) is 0.926. The first-order valence-electron chi connectivity index (χ1n) is 33.7. The number of allylic oxidation sites excluding steroid dienone is 2. The van der Waals surface area contributed by atoms with E-state index in [9.17, 15) is 14.4 Å². The van der Waals surface area contributed by atoms with Gasteiger partial charge in [-0.3, -0.25) is 14.4 Å². The van der Waals surface area contributed by atoms with E-state index >= 15 is 0 Å². The molecule has 0 N–H and O–H groups in total. The van der Waals surface area contributed by atoms with Gasteiger partial charge in [-0.1, -0.05) is 335 Å². The number of esters is 3. The van der Waals surface area contributed by atoms with Gasteiger partial charge in [0.2, 0.25) is 0 Å². The van der Waals surface area contributed by atoms with Crippen molar-refractivity contribution in [1.29, 1.82) is 0 Å². The number of unbranched alkanes of at least 4 members (excludes halogenated alkanes) is 50. The Bertz CT molecular complexity index is 1150. The van der Waals surface area contributed by atoms with Gasteiger partial charge in [-0.25, -0.2) is 0 Å². The van der Waals surface area contributed by atoms with Crippen molar-refractivity contribution in [2.75, 3.05) is 13.2 Å². The summed E-state index contributed by atoms with van der Waals surface area (Å²) in [7, 11) is 0. The van der Waals surface area contributed by atoms with Crippen LogP contribution in [0.4, 0.5) is 0 Å². The van der Waals surface area contributed by atoms with E-state index in [1.165, 1.54) is 283 Å². The molecule has 74 heavy (non-hydrogen) atoms. The molecule has 0 fully saturated rings. The van der Waals surface area contributed by atoms with Gasteiger partial charge in [0.1, 0.15) is 13.2 Å². The van der Waals surface area contributed by atoms with Crippen LogP contribution in [0.2, 0.25) is 0 Å². The molecule has 0 amide bonds. The monoisotopic (exact) mass is 1040 g/mol. The predicted octanol–water partition coefficient (Wildman–Crippen LogP) is 22.8. The van der Waals surface area contributed by atoms with Gasteiger partial charge in [0, 0.05) is 19.3 Å². The van der Waals surface area contributed by atoms with Crippen molar-refractivity contribution in [3.63, 3.8) is 0 Å². The van der Waals surface area contributed by atoms with Gasteiger partial charge in [0.25, 0.3) is 0 Å².